The quantitative estimate of drug-likeness (QED) is 0.932. The van der Waals surface area contributed by atoms with E-state index in [0.29, 0.717) is 6.42 Å². The Morgan fingerprint density at radius 3 is 2.50 bits per heavy atom. The van der Waals surface area contributed by atoms with Crippen LogP contribution in [0.2, 0.25) is 0 Å². The highest BCUT2D eigenvalue weighted by Gasteiger charge is 2.38. The highest BCUT2D eigenvalue weighted by Crippen LogP contribution is 2.32. The van der Waals surface area contributed by atoms with Crippen molar-refractivity contribution in [3.05, 3.63) is 35.4 Å². The minimum atomic E-state index is -4.40. The first-order valence-corrected chi connectivity index (χ1v) is 8.04. The van der Waals surface area contributed by atoms with Crippen LogP contribution < -0.4 is 5.32 Å². The van der Waals surface area contributed by atoms with Crippen molar-refractivity contribution in [2.75, 3.05) is 11.5 Å². The number of hydrogen-bond donors (Lipinski definition) is 1. The molecule has 0 aromatic heterocycles. The molecule has 2 rings (SSSR count). The summed E-state index contributed by atoms with van der Waals surface area (Å²) < 4.78 is 61.5. The number of alkyl halides is 3. The average Bonchev–Trinajstić information content (AvgIpc) is 2.61. The van der Waals surface area contributed by atoms with Crippen LogP contribution in [0.1, 0.15) is 24.5 Å². The molecule has 1 aromatic rings. The fourth-order valence-electron chi connectivity index (χ4n) is 2.41. The van der Waals surface area contributed by atoms with E-state index in [2.05, 4.69) is 5.32 Å². The third-order valence-electron chi connectivity index (χ3n) is 3.53. The van der Waals surface area contributed by atoms with Crippen LogP contribution in [-0.4, -0.2) is 25.5 Å². The molecule has 1 aromatic carbocycles. The summed E-state index contributed by atoms with van der Waals surface area (Å²) in [6.07, 6.45) is -3.98. The van der Waals surface area contributed by atoms with Crippen LogP contribution >= 0.6 is 0 Å². The van der Waals surface area contributed by atoms with Gasteiger partial charge in [-0.05, 0) is 25.0 Å². The highest BCUT2D eigenvalue weighted by molar-refractivity contribution is 7.91. The van der Waals surface area contributed by atoms with Gasteiger partial charge in [-0.15, -0.1) is 0 Å². The molecule has 1 N–H and O–H groups in total. The second kappa shape index (κ2) is 5.04. The zero-order chi connectivity index (χ0) is 15.0. The van der Waals surface area contributed by atoms with Gasteiger partial charge in [-0.1, -0.05) is 18.2 Å². The van der Waals surface area contributed by atoms with Crippen molar-refractivity contribution in [3.63, 3.8) is 0 Å². The molecule has 3 nitrogen and oxygen atoms in total. The maximum Gasteiger partial charge on any atom is 0.416 e. The van der Waals surface area contributed by atoms with E-state index in [1.54, 1.807) is 13.0 Å². The number of hydrogen-bond acceptors (Lipinski definition) is 3. The minimum Gasteiger partial charge on any atom is -0.306 e. The van der Waals surface area contributed by atoms with Crippen LogP contribution in [0.25, 0.3) is 0 Å². The molecule has 20 heavy (non-hydrogen) atoms. The fourth-order valence-corrected chi connectivity index (χ4v) is 4.53. The van der Waals surface area contributed by atoms with Gasteiger partial charge < -0.3 is 5.32 Å². The summed E-state index contributed by atoms with van der Waals surface area (Å²) in [4.78, 5) is 0. The Hall–Kier alpha value is -1.08. The molecule has 0 bridgehead atoms. The van der Waals surface area contributed by atoms with E-state index in [1.165, 1.54) is 12.1 Å². The van der Waals surface area contributed by atoms with E-state index < -0.39 is 27.1 Å². The smallest absolute Gasteiger partial charge is 0.306 e. The summed E-state index contributed by atoms with van der Waals surface area (Å²) in [5, 5.41) is 2.96. The summed E-state index contributed by atoms with van der Waals surface area (Å²) in [5.41, 5.74) is -1.21. The fraction of sp³-hybridized carbons (Fsp3) is 0.538. The van der Waals surface area contributed by atoms with Crippen LogP contribution in [-0.2, 0) is 22.6 Å². The maximum absolute atomic E-state index is 12.8. The largest absolute Gasteiger partial charge is 0.416 e. The van der Waals surface area contributed by atoms with Gasteiger partial charge >= 0.3 is 6.18 Å². The zero-order valence-corrected chi connectivity index (χ0v) is 11.8. The van der Waals surface area contributed by atoms with E-state index in [0.717, 1.165) is 6.07 Å². The molecule has 0 spiro atoms. The molecule has 7 heteroatoms. The van der Waals surface area contributed by atoms with Gasteiger partial charge in [0.25, 0.3) is 0 Å². The Balaban J connectivity index is 2.13. The van der Waals surface area contributed by atoms with E-state index in [4.69, 9.17) is 0 Å². The molecule has 1 fully saturated rings. The van der Waals surface area contributed by atoms with Crippen molar-refractivity contribution in [1.82, 2.24) is 5.32 Å². The van der Waals surface area contributed by atoms with Gasteiger partial charge in [0, 0.05) is 12.1 Å². The first kappa shape index (κ1) is 15.3. The van der Waals surface area contributed by atoms with Crippen LogP contribution in [0, 0.1) is 0 Å². The zero-order valence-electron chi connectivity index (χ0n) is 11.0. The molecule has 0 saturated carbocycles. The third kappa shape index (κ3) is 3.52. The van der Waals surface area contributed by atoms with Crippen LogP contribution in [0.5, 0.6) is 0 Å². The topological polar surface area (TPSA) is 46.2 Å². The molecule has 1 saturated heterocycles. The van der Waals surface area contributed by atoms with Crippen molar-refractivity contribution in [3.8, 4) is 0 Å². The lowest BCUT2D eigenvalue weighted by atomic mass is 10.0. The highest BCUT2D eigenvalue weighted by atomic mass is 32.2. The van der Waals surface area contributed by atoms with Gasteiger partial charge in [0.2, 0.25) is 0 Å². The third-order valence-corrected chi connectivity index (χ3v) is 5.43. The Kier molecular flexibility index (Phi) is 3.85. The maximum atomic E-state index is 12.8. The number of rotatable bonds is 3. The molecular formula is C13H16F3NO2S. The van der Waals surface area contributed by atoms with E-state index in [9.17, 15) is 21.6 Å². The molecule has 0 amide bonds. The van der Waals surface area contributed by atoms with Gasteiger partial charge in [-0.3, -0.25) is 0 Å². The first-order valence-electron chi connectivity index (χ1n) is 6.22. The molecule has 0 radical (unpaired) electrons. The molecule has 1 unspecified atom stereocenters. The number of benzene rings is 1. The summed E-state index contributed by atoms with van der Waals surface area (Å²) in [7, 11) is -3.08. The molecule has 1 heterocycles. The van der Waals surface area contributed by atoms with Crippen molar-refractivity contribution in [2.24, 2.45) is 0 Å². The summed E-state index contributed by atoms with van der Waals surface area (Å²) in [5.74, 6) is 0.0472. The SMILES string of the molecule is CC1(NCc2ccccc2C(F)(F)F)CCS(=O)(=O)C1. The summed E-state index contributed by atoms with van der Waals surface area (Å²) in [6, 6.07) is 5.32. The van der Waals surface area contributed by atoms with Crippen LogP contribution in [0.4, 0.5) is 13.2 Å². The van der Waals surface area contributed by atoms with Gasteiger partial charge in [0.05, 0.1) is 17.1 Å². The summed E-state index contributed by atoms with van der Waals surface area (Å²) in [6.45, 7) is 1.73. The number of halogens is 3. The standard InChI is InChI=1S/C13H16F3NO2S/c1-12(6-7-20(18,19)9-12)17-8-10-4-2-3-5-11(10)13(14,15)16/h2-5,17H,6-9H2,1H3. The molecule has 0 aliphatic carbocycles. The van der Waals surface area contributed by atoms with Crippen molar-refractivity contribution in [2.45, 2.75) is 31.6 Å². The average molecular weight is 307 g/mol. The number of sulfone groups is 1. The Morgan fingerprint density at radius 1 is 1.30 bits per heavy atom. The summed E-state index contributed by atoms with van der Waals surface area (Å²) >= 11 is 0. The minimum absolute atomic E-state index is 0.00169. The molecule has 1 aliphatic rings. The van der Waals surface area contributed by atoms with E-state index >= 15 is 0 Å². The van der Waals surface area contributed by atoms with Gasteiger partial charge in [0.1, 0.15) is 0 Å². The predicted molar refractivity (Wildman–Crippen MR) is 70.0 cm³/mol. The second-order valence-corrected chi connectivity index (χ2v) is 7.60. The van der Waals surface area contributed by atoms with Crippen LogP contribution in [0.15, 0.2) is 24.3 Å². The molecular weight excluding hydrogens is 291 g/mol. The normalized spacial score (nSPS) is 25.8. The first-order chi connectivity index (χ1) is 9.11. The molecule has 1 aliphatic heterocycles. The lowest BCUT2D eigenvalue weighted by Crippen LogP contribution is -2.43. The van der Waals surface area contributed by atoms with Crippen molar-refractivity contribution in [1.29, 1.82) is 0 Å². The lowest BCUT2D eigenvalue weighted by Gasteiger charge is -2.25. The van der Waals surface area contributed by atoms with Gasteiger partial charge in [-0.25, -0.2) is 8.42 Å². The van der Waals surface area contributed by atoms with Crippen LogP contribution in [0.3, 0.4) is 0 Å². The number of nitrogens with one attached hydrogen (secondary N) is 1. The Bertz CT molecular complexity index is 598. The molecule has 1 atom stereocenters. The Morgan fingerprint density at radius 2 is 1.95 bits per heavy atom. The van der Waals surface area contributed by atoms with Gasteiger partial charge in [0.15, 0.2) is 9.84 Å². The monoisotopic (exact) mass is 307 g/mol. The van der Waals surface area contributed by atoms with Crippen molar-refractivity contribution < 1.29 is 21.6 Å². The lowest BCUT2D eigenvalue weighted by molar-refractivity contribution is -0.138. The molecule has 112 valence electrons. The van der Waals surface area contributed by atoms with E-state index in [-0.39, 0.29) is 23.6 Å². The second-order valence-electron chi connectivity index (χ2n) is 5.41. The van der Waals surface area contributed by atoms with Crippen molar-refractivity contribution >= 4 is 9.84 Å². The van der Waals surface area contributed by atoms with E-state index in [1.807, 2.05) is 0 Å². The van der Waals surface area contributed by atoms with Gasteiger partial charge in [-0.2, -0.15) is 13.2 Å². The predicted octanol–water partition coefficient (Wildman–Crippen LogP) is 2.37. The Labute approximate surface area is 116 Å².